The summed E-state index contributed by atoms with van der Waals surface area (Å²) in [5.41, 5.74) is 1.16. The highest BCUT2D eigenvalue weighted by Gasteiger charge is 1.95. The third-order valence-electron chi connectivity index (χ3n) is 2.24. The maximum absolute atomic E-state index is 4.94. The van der Waals surface area contributed by atoms with Crippen LogP contribution in [0.5, 0.6) is 0 Å². The number of ether oxygens (including phenoxy) is 1. The number of nitrogens with zero attached hydrogens (tertiary/aromatic N) is 2. The Kier molecular flexibility index (Phi) is 6.53. The summed E-state index contributed by atoms with van der Waals surface area (Å²) < 4.78 is 7.10. The molecule has 1 heterocycles. The number of methoxy groups -OCH3 is 1. The molecule has 1 aromatic heterocycles. The smallest absolute Gasteiger partial charge is 0.0950 e. The molecular formula is C12H21N3O. The van der Waals surface area contributed by atoms with Gasteiger partial charge in [-0.25, -0.2) is 4.98 Å². The summed E-state index contributed by atoms with van der Waals surface area (Å²) in [6, 6.07) is 0. The molecule has 1 N–H and O–H groups in total. The van der Waals surface area contributed by atoms with Crippen LogP contribution in [0.15, 0.2) is 18.6 Å². The predicted octanol–water partition coefficient (Wildman–Crippen LogP) is 1.54. The summed E-state index contributed by atoms with van der Waals surface area (Å²) in [5, 5.41) is 3.26. The highest BCUT2D eigenvalue weighted by atomic mass is 16.5. The van der Waals surface area contributed by atoms with Gasteiger partial charge in [-0.15, -0.1) is 0 Å². The van der Waals surface area contributed by atoms with E-state index in [-0.39, 0.29) is 0 Å². The van der Waals surface area contributed by atoms with E-state index in [2.05, 4.69) is 33.9 Å². The van der Waals surface area contributed by atoms with E-state index in [1.165, 1.54) is 0 Å². The normalized spacial score (nSPS) is 11.4. The molecule has 0 aliphatic carbocycles. The first-order chi connectivity index (χ1) is 7.88. The summed E-state index contributed by atoms with van der Waals surface area (Å²) in [6.45, 7) is 5.69. The van der Waals surface area contributed by atoms with Crippen molar-refractivity contribution in [1.29, 1.82) is 0 Å². The van der Waals surface area contributed by atoms with Crippen molar-refractivity contribution in [2.24, 2.45) is 0 Å². The Bertz CT molecular complexity index is 307. The Labute approximate surface area is 97.3 Å². The van der Waals surface area contributed by atoms with Gasteiger partial charge >= 0.3 is 0 Å². The topological polar surface area (TPSA) is 39.1 Å². The van der Waals surface area contributed by atoms with Crippen LogP contribution in [-0.4, -0.2) is 36.4 Å². The quantitative estimate of drug-likeness (QED) is 0.679. The van der Waals surface area contributed by atoms with Crippen molar-refractivity contribution in [3.63, 3.8) is 0 Å². The maximum Gasteiger partial charge on any atom is 0.0950 e. The number of hydrogen-bond acceptors (Lipinski definition) is 3. The zero-order valence-corrected chi connectivity index (χ0v) is 10.1. The average Bonchev–Trinajstić information content (AvgIpc) is 2.72. The molecule has 0 amide bonds. The van der Waals surface area contributed by atoms with E-state index in [0.29, 0.717) is 0 Å². The third kappa shape index (κ3) is 4.59. The van der Waals surface area contributed by atoms with Crippen molar-refractivity contribution in [1.82, 2.24) is 14.9 Å². The summed E-state index contributed by atoms with van der Waals surface area (Å²) in [5.74, 6) is 0. The van der Waals surface area contributed by atoms with Crippen molar-refractivity contribution in [2.45, 2.75) is 19.9 Å². The van der Waals surface area contributed by atoms with E-state index in [9.17, 15) is 0 Å². The molecule has 90 valence electrons. The molecule has 0 fully saturated rings. The van der Waals surface area contributed by atoms with Gasteiger partial charge in [-0.3, -0.25) is 0 Å². The number of hydrogen-bond donors (Lipinski definition) is 1. The number of aryl methyl sites for hydroxylation is 1. The molecule has 0 atom stereocenters. The molecule has 4 heteroatoms. The lowest BCUT2D eigenvalue weighted by Gasteiger charge is -2.02. The standard InChI is InChI=1S/C12H21N3O/c1-3-8-15-11-14-10-12(15)5-4-6-13-7-9-16-2/h4-5,10-11,13H,3,6-9H2,1-2H3. The molecule has 1 rings (SSSR count). The lowest BCUT2D eigenvalue weighted by atomic mass is 10.3. The van der Waals surface area contributed by atoms with Crippen LogP contribution in [0.2, 0.25) is 0 Å². The molecule has 0 saturated carbocycles. The number of nitrogens with one attached hydrogen (secondary N) is 1. The number of rotatable bonds is 8. The van der Waals surface area contributed by atoms with Crippen molar-refractivity contribution >= 4 is 6.08 Å². The van der Waals surface area contributed by atoms with Crippen LogP contribution in [0, 0.1) is 0 Å². The minimum absolute atomic E-state index is 0.752. The van der Waals surface area contributed by atoms with E-state index >= 15 is 0 Å². The van der Waals surface area contributed by atoms with E-state index in [1.54, 1.807) is 7.11 Å². The highest BCUT2D eigenvalue weighted by molar-refractivity contribution is 5.43. The van der Waals surface area contributed by atoms with Gasteiger partial charge in [0.25, 0.3) is 0 Å². The Morgan fingerprint density at radius 1 is 1.56 bits per heavy atom. The number of aromatic nitrogens is 2. The predicted molar refractivity (Wildman–Crippen MR) is 66.3 cm³/mol. The van der Waals surface area contributed by atoms with E-state index in [1.807, 2.05) is 12.5 Å². The van der Waals surface area contributed by atoms with Gasteiger partial charge in [0.2, 0.25) is 0 Å². The minimum Gasteiger partial charge on any atom is -0.383 e. The van der Waals surface area contributed by atoms with Crippen molar-refractivity contribution in [3.8, 4) is 0 Å². The second kappa shape index (κ2) is 8.07. The Morgan fingerprint density at radius 2 is 2.44 bits per heavy atom. The van der Waals surface area contributed by atoms with Crippen LogP contribution in [0.1, 0.15) is 19.0 Å². The molecule has 0 radical (unpaired) electrons. The van der Waals surface area contributed by atoms with Crippen LogP contribution < -0.4 is 5.32 Å². The van der Waals surface area contributed by atoms with E-state index in [0.717, 1.165) is 38.4 Å². The zero-order valence-electron chi connectivity index (χ0n) is 10.1. The lowest BCUT2D eigenvalue weighted by molar-refractivity contribution is 0.200. The molecule has 0 bridgehead atoms. The molecule has 0 unspecified atom stereocenters. The minimum atomic E-state index is 0.752. The van der Waals surface area contributed by atoms with Crippen molar-refractivity contribution < 1.29 is 4.74 Å². The zero-order chi connectivity index (χ0) is 11.6. The summed E-state index contributed by atoms with van der Waals surface area (Å²) in [6.07, 6.45) is 9.10. The van der Waals surface area contributed by atoms with Crippen LogP contribution in [-0.2, 0) is 11.3 Å². The fraction of sp³-hybridized carbons (Fsp3) is 0.583. The van der Waals surface area contributed by atoms with Gasteiger partial charge < -0.3 is 14.6 Å². The molecule has 1 aromatic rings. The monoisotopic (exact) mass is 223 g/mol. The van der Waals surface area contributed by atoms with Crippen LogP contribution in [0.25, 0.3) is 6.08 Å². The summed E-state index contributed by atoms with van der Waals surface area (Å²) >= 11 is 0. The molecule has 0 saturated heterocycles. The van der Waals surface area contributed by atoms with Crippen LogP contribution >= 0.6 is 0 Å². The molecule has 0 aliphatic heterocycles. The van der Waals surface area contributed by atoms with Gasteiger partial charge in [0.05, 0.1) is 24.8 Å². The Morgan fingerprint density at radius 3 is 3.19 bits per heavy atom. The highest BCUT2D eigenvalue weighted by Crippen LogP contribution is 2.02. The van der Waals surface area contributed by atoms with Crippen LogP contribution in [0.3, 0.4) is 0 Å². The Balaban J connectivity index is 2.29. The molecular weight excluding hydrogens is 202 g/mol. The fourth-order valence-electron chi connectivity index (χ4n) is 1.44. The van der Waals surface area contributed by atoms with Gasteiger partial charge in [-0.2, -0.15) is 0 Å². The molecule has 4 nitrogen and oxygen atoms in total. The first kappa shape index (κ1) is 12.9. The fourth-order valence-corrected chi connectivity index (χ4v) is 1.44. The van der Waals surface area contributed by atoms with Gasteiger partial charge in [0.1, 0.15) is 0 Å². The first-order valence-electron chi connectivity index (χ1n) is 5.74. The summed E-state index contributed by atoms with van der Waals surface area (Å²) in [7, 11) is 1.71. The van der Waals surface area contributed by atoms with E-state index in [4.69, 9.17) is 4.74 Å². The molecule has 0 aliphatic rings. The van der Waals surface area contributed by atoms with Crippen molar-refractivity contribution in [2.75, 3.05) is 26.8 Å². The van der Waals surface area contributed by atoms with Crippen molar-refractivity contribution in [3.05, 3.63) is 24.3 Å². The second-order valence-electron chi connectivity index (χ2n) is 3.61. The molecule has 16 heavy (non-hydrogen) atoms. The SMILES string of the molecule is CCCn1cncc1C=CCNCCOC. The Hall–Kier alpha value is -1.13. The average molecular weight is 223 g/mol. The molecule has 0 spiro atoms. The summed E-state index contributed by atoms with van der Waals surface area (Å²) in [4.78, 5) is 4.14. The second-order valence-corrected chi connectivity index (χ2v) is 3.61. The molecule has 0 aromatic carbocycles. The van der Waals surface area contributed by atoms with Gasteiger partial charge in [-0.05, 0) is 12.5 Å². The van der Waals surface area contributed by atoms with Gasteiger partial charge in [0, 0.05) is 26.7 Å². The maximum atomic E-state index is 4.94. The number of imidazole rings is 1. The first-order valence-corrected chi connectivity index (χ1v) is 5.74. The lowest BCUT2D eigenvalue weighted by Crippen LogP contribution is -2.18. The van der Waals surface area contributed by atoms with Gasteiger partial charge in [-0.1, -0.05) is 13.0 Å². The third-order valence-corrected chi connectivity index (χ3v) is 2.24. The van der Waals surface area contributed by atoms with Gasteiger partial charge in [0.15, 0.2) is 0 Å². The van der Waals surface area contributed by atoms with Crippen LogP contribution in [0.4, 0.5) is 0 Å². The van der Waals surface area contributed by atoms with E-state index < -0.39 is 0 Å². The largest absolute Gasteiger partial charge is 0.383 e.